The highest BCUT2D eigenvalue weighted by atomic mass is 127. The quantitative estimate of drug-likeness (QED) is 0.312. The Morgan fingerprint density at radius 2 is 1.90 bits per heavy atom. The molecule has 0 atom stereocenters. The van der Waals surface area contributed by atoms with Crippen LogP contribution < -0.4 is 20.1 Å². The lowest BCUT2D eigenvalue weighted by atomic mass is 10.2. The molecule has 1 heterocycles. The molecular weight excluding hydrogens is 499 g/mol. The maximum Gasteiger partial charge on any atom is 0.191 e. The second kappa shape index (κ2) is 11.6. The first-order valence-electron chi connectivity index (χ1n) is 9.80. The molecule has 2 aromatic rings. The van der Waals surface area contributed by atoms with E-state index < -0.39 is 0 Å². The van der Waals surface area contributed by atoms with Crippen molar-refractivity contribution < 1.29 is 9.47 Å². The Bertz CT molecular complexity index is 819. The van der Waals surface area contributed by atoms with Crippen LogP contribution in [0.15, 0.2) is 23.2 Å². The summed E-state index contributed by atoms with van der Waals surface area (Å²) in [7, 11) is 3.46. The van der Waals surface area contributed by atoms with Crippen LogP contribution in [0.4, 0.5) is 0 Å². The van der Waals surface area contributed by atoms with Crippen LogP contribution >= 0.6 is 35.3 Å². The van der Waals surface area contributed by atoms with Crippen molar-refractivity contribution in [3.63, 3.8) is 0 Å². The Labute approximate surface area is 194 Å². The molecule has 1 aromatic heterocycles. The second-order valence-corrected chi connectivity index (χ2v) is 8.32. The first-order chi connectivity index (χ1) is 13.6. The number of aliphatic imine (C=N–C) groups is 1. The first-order valence-corrected chi connectivity index (χ1v) is 10.6. The minimum Gasteiger partial charge on any atom is -0.493 e. The third-order valence-corrected chi connectivity index (χ3v) is 6.00. The van der Waals surface area contributed by atoms with Crippen LogP contribution in [-0.4, -0.2) is 31.2 Å². The van der Waals surface area contributed by atoms with Gasteiger partial charge in [0.2, 0.25) is 0 Å². The molecule has 0 unspecified atom stereocenters. The molecule has 0 saturated heterocycles. The number of thiazole rings is 1. The number of nitrogens with one attached hydrogen (secondary N) is 2. The molecule has 0 spiro atoms. The molecule has 1 saturated carbocycles. The molecule has 1 aliphatic carbocycles. The second-order valence-electron chi connectivity index (χ2n) is 7.03. The molecule has 8 heteroatoms. The van der Waals surface area contributed by atoms with Gasteiger partial charge in [0.25, 0.3) is 0 Å². The lowest BCUT2D eigenvalue weighted by molar-refractivity contribution is 0.200. The number of halogens is 1. The zero-order chi connectivity index (χ0) is 19.9. The van der Waals surface area contributed by atoms with Crippen LogP contribution in [-0.2, 0) is 13.1 Å². The molecule has 0 radical (unpaired) electrons. The first kappa shape index (κ1) is 23.7. The lowest BCUT2D eigenvalue weighted by Gasteiger charge is -2.17. The van der Waals surface area contributed by atoms with Gasteiger partial charge in [-0.3, -0.25) is 4.99 Å². The number of hydrogen-bond acceptors (Lipinski definition) is 5. The van der Waals surface area contributed by atoms with E-state index in [2.05, 4.69) is 32.7 Å². The molecule has 1 fully saturated rings. The minimum atomic E-state index is 0. The number of methoxy groups -OCH3 is 1. The smallest absolute Gasteiger partial charge is 0.191 e. The molecule has 2 N–H and O–H groups in total. The van der Waals surface area contributed by atoms with E-state index in [0.29, 0.717) is 12.6 Å². The van der Waals surface area contributed by atoms with Gasteiger partial charge >= 0.3 is 0 Å². The Hall–Kier alpha value is -1.55. The van der Waals surface area contributed by atoms with Gasteiger partial charge in [-0.15, -0.1) is 35.3 Å². The fraction of sp³-hybridized carbons (Fsp3) is 0.524. The average Bonchev–Trinajstić information content (AvgIpc) is 3.31. The fourth-order valence-electron chi connectivity index (χ4n) is 3.42. The molecule has 3 rings (SSSR count). The van der Waals surface area contributed by atoms with Crippen LogP contribution in [0, 0.1) is 13.8 Å². The van der Waals surface area contributed by atoms with Crippen LogP contribution in [0.1, 0.15) is 46.8 Å². The standard InChI is InChI=1S/C21H30N4O2S.HI/c1-14-20(28-15(2)25-14)13-24-21(22-3)23-12-16-9-10-18(26-4)19(11-16)27-17-7-5-6-8-17;/h9-11,17H,5-8,12-13H2,1-4H3,(H2,22,23,24);1H. The van der Waals surface area contributed by atoms with E-state index in [9.17, 15) is 0 Å². The number of benzene rings is 1. The van der Waals surface area contributed by atoms with Crippen molar-refractivity contribution in [1.29, 1.82) is 0 Å². The molecule has 0 amide bonds. The van der Waals surface area contributed by atoms with Crippen molar-refractivity contribution in [3.8, 4) is 11.5 Å². The van der Waals surface area contributed by atoms with Gasteiger partial charge in [0.15, 0.2) is 17.5 Å². The maximum atomic E-state index is 6.19. The van der Waals surface area contributed by atoms with Gasteiger partial charge in [0, 0.05) is 18.5 Å². The molecule has 29 heavy (non-hydrogen) atoms. The summed E-state index contributed by atoms with van der Waals surface area (Å²) in [6.07, 6.45) is 5.04. The van der Waals surface area contributed by atoms with E-state index in [-0.39, 0.29) is 24.0 Å². The molecule has 0 bridgehead atoms. The number of hydrogen-bond donors (Lipinski definition) is 2. The SMILES string of the molecule is CN=C(NCc1ccc(OC)c(OC2CCCC2)c1)NCc1sc(C)nc1C.I. The summed E-state index contributed by atoms with van der Waals surface area (Å²) in [6.45, 7) is 5.45. The highest BCUT2D eigenvalue weighted by molar-refractivity contribution is 14.0. The Morgan fingerprint density at radius 1 is 1.17 bits per heavy atom. The normalized spacial score (nSPS) is 14.4. The van der Waals surface area contributed by atoms with Crippen molar-refractivity contribution >= 4 is 41.3 Å². The van der Waals surface area contributed by atoms with Crippen LogP contribution in [0.3, 0.4) is 0 Å². The lowest BCUT2D eigenvalue weighted by Crippen LogP contribution is -2.36. The molecule has 6 nitrogen and oxygen atoms in total. The van der Waals surface area contributed by atoms with E-state index in [4.69, 9.17) is 9.47 Å². The van der Waals surface area contributed by atoms with Gasteiger partial charge in [-0.25, -0.2) is 4.98 Å². The van der Waals surface area contributed by atoms with Gasteiger partial charge < -0.3 is 20.1 Å². The number of ether oxygens (including phenoxy) is 2. The number of aromatic nitrogens is 1. The monoisotopic (exact) mass is 530 g/mol. The molecule has 160 valence electrons. The summed E-state index contributed by atoms with van der Waals surface area (Å²) in [5.74, 6) is 2.38. The summed E-state index contributed by atoms with van der Waals surface area (Å²) in [4.78, 5) is 10.0. The van der Waals surface area contributed by atoms with Crippen LogP contribution in [0.25, 0.3) is 0 Å². The van der Waals surface area contributed by atoms with Gasteiger partial charge in [-0.05, 0) is 57.2 Å². The summed E-state index contributed by atoms with van der Waals surface area (Å²) in [6, 6.07) is 6.09. The predicted molar refractivity (Wildman–Crippen MR) is 130 cm³/mol. The van der Waals surface area contributed by atoms with Crippen molar-refractivity contribution in [2.45, 2.75) is 58.7 Å². The van der Waals surface area contributed by atoms with E-state index in [1.807, 2.05) is 19.9 Å². The number of rotatable bonds is 7. The summed E-state index contributed by atoms with van der Waals surface area (Å²) in [5.41, 5.74) is 2.20. The van der Waals surface area contributed by atoms with Crippen molar-refractivity contribution in [2.75, 3.05) is 14.2 Å². The Kier molecular flexibility index (Phi) is 9.48. The van der Waals surface area contributed by atoms with Gasteiger partial charge in [0.1, 0.15) is 0 Å². The molecule has 1 aromatic carbocycles. The molecular formula is C21H31IN4O2S. The zero-order valence-corrected chi connectivity index (χ0v) is 20.7. The Balaban J connectivity index is 0.00000300. The largest absolute Gasteiger partial charge is 0.493 e. The highest BCUT2D eigenvalue weighted by Crippen LogP contribution is 2.32. The molecule has 0 aliphatic heterocycles. The van der Waals surface area contributed by atoms with Gasteiger partial charge in [-0.2, -0.15) is 0 Å². The van der Waals surface area contributed by atoms with E-state index in [1.54, 1.807) is 25.5 Å². The average molecular weight is 530 g/mol. The highest BCUT2D eigenvalue weighted by Gasteiger charge is 2.18. The summed E-state index contributed by atoms with van der Waals surface area (Å²) >= 11 is 1.72. The van der Waals surface area contributed by atoms with Crippen LogP contribution in [0.5, 0.6) is 11.5 Å². The number of nitrogens with zero attached hydrogens (tertiary/aromatic N) is 2. The van der Waals surface area contributed by atoms with Crippen molar-refractivity contribution in [3.05, 3.63) is 39.3 Å². The van der Waals surface area contributed by atoms with Crippen LogP contribution in [0.2, 0.25) is 0 Å². The van der Waals surface area contributed by atoms with E-state index >= 15 is 0 Å². The number of aryl methyl sites for hydroxylation is 2. The minimum absolute atomic E-state index is 0. The maximum absolute atomic E-state index is 6.19. The summed E-state index contributed by atoms with van der Waals surface area (Å²) < 4.78 is 11.7. The molecule has 1 aliphatic rings. The topological polar surface area (TPSA) is 67.8 Å². The van der Waals surface area contributed by atoms with Gasteiger partial charge in [0.05, 0.1) is 30.5 Å². The third kappa shape index (κ3) is 6.74. The zero-order valence-electron chi connectivity index (χ0n) is 17.6. The predicted octanol–water partition coefficient (Wildman–Crippen LogP) is 4.57. The fourth-order valence-corrected chi connectivity index (χ4v) is 4.29. The van der Waals surface area contributed by atoms with E-state index in [0.717, 1.165) is 53.1 Å². The Morgan fingerprint density at radius 3 is 2.52 bits per heavy atom. The van der Waals surface area contributed by atoms with Gasteiger partial charge in [-0.1, -0.05) is 6.07 Å². The van der Waals surface area contributed by atoms with Crippen molar-refractivity contribution in [1.82, 2.24) is 15.6 Å². The third-order valence-electron chi connectivity index (χ3n) is 4.92. The van der Waals surface area contributed by atoms with Crippen molar-refractivity contribution in [2.24, 2.45) is 4.99 Å². The van der Waals surface area contributed by atoms with E-state index in [1.165, 1.54) is 17.7 Å². The number of guanidine groups is 1. The summed E-state index contributed by atoms with van der Waals surface area (Å²) in [5, 5.41) is 7.81.